The van der Waals surface area contributed by atoms with Crippen LogP contribution in [0.2, 0.25) is 0 Å². The molecule has 0 radical (unpaired) electrons. The molecule has 6 nitrogen and oxygen atoms in total. The molecule has 0 saturated carbocycles. The molecule has 128 valence electrons. The van der Waals surface area contributed by atoms with Gasteiger partial charge in [0.1, 0.15) is 0 Å². The third-order valence-electron chi connectivity index (χ3n) is 3.49. The second kappa shape index (κ2) is 8.03. The summed E-state index contributed by atoms with van der Waals surface area (Å²) in [6.45, 7) is 4.00. The number of carbonyl (C=O) groups excluding carboxylic acids is 1. The molecule has 24 heavy (non-hydrogen) atoms. The van der Waals surface area contributed by atoms with Gasteiger partial charge in [0.25, 0.3) is 0 Å². The molecule has 0 atom stereocenters. The molecule has 0 bridgehead atoms. The van der Waals surface area contributed by atoms with Crippen LogP contribution in [0.25, 0.3) is 0 Å². The number of rotatable bonds is 7. The van der Waals surface area contributed by atoms with Crippen molar-refractivity contribution in [2.24, 2.45) is 0 Å². The Bertz CT molecular complexity index is 805. The number of hydrogen-bond donors (Lipinski definition) is 2. The van der Waals surface area contributed by atoms with Crippen molar-refractivity contribution in [1.29, 1.82) is 0 Å². The van der Waals surface area contributed by atoms with Crippen LogP contribution in [0.5, 0.6) is 0 Å². The van der Waals surface area contributed by atoms with Crippen molar-refractivity contribution < 1.29 is 13.2 Å². The Morgan fingerprint density at radius 1 is 1.21 bits per heavy atom. The largest absolute Gasteiger partial charge is 0.352 e. The molecule has 0 saturated heterocycles. The Morgan fingerprint density at radius 2 is 2.00 bits per heavy atom. The van der Waals surface area contributed by atoms with Crippen LogP contribution in [0.4, 0.5) is 0 Å². The second-order valence-electron chi connectivity index (χ2n) is 5.55. The van der Waals surface area contributed by atoms with Gasteiger partial charge < -0.3 is 5.32 Å². The lowest BCUT2D eigenvalue weighted by Gasteiger charge is -2.10. The van der Waals surface area contributed by atoms with Crippen molar-refractivity contribution in [2.45, 2.75) is 31.7 Å². The number of nitrogens with zero attached hydrogens (tertiary/aromatic N) is 1. The number of pyridine rings is 1. The number of hydrogen-bond acceptors (Lipinski definition) is 4. The summed E-state index contributed by atoms with van der Waals surface area (Å²) in [6.07, 6.45) is 3.40. The molecule has 7 heteroatoms. The third kappa shape index (κ3) is 5.14. The number of aromatic nitrogens is 1. The highest BCUT2D eigenvalue weighted by Gasteiger charge is 2.16. The standard InChI is InChI=1S/C17H21N3O3S/c1-13-5-6-14(2)16(10-13)24(22,23)20-9-7-17(21)19-12-15-4-3-8-18-11-15/h3-6,8,10-11,20H,7,9,12H2,1-2H3,(H,19,21). The van der Waals surface area contributed by atoms with Gasteiger partial charge in [0, 0.05) is 31.9 Å². The topological polar surface area (TPSA) is 88.2 Å². The molecule has 2 aromatic rings. The Balaban J connectivity index is 1.84. The molecule has 0 aliphatic carbocycles. The SMILES string of the molecule is Cc1ccc(C)c(S(=O)(=O)NCCC(=O)NCc2cccnc2)c1. The van der Waals surface area contributed by atoms with Crippen LogP contribution in [0.1, 0.15) is 23.1 Å². The minimum absolute atomic E-state index is 0.0502. The fourth-order valence-corrected chi connectivity index (χ4v) is 3.52. The van der Waals surface area contributed by atoms with E-state index in [1.54, 1.807) is 37.5 Å². The van der Waals surface area contributed by atoms with Crippen molar-refractivity contribution in [1.82, 2.24) is 15.0 Å². The summed E-state index contributed by atoms with van der Waals surface area (Å²) < 4.78 is 27.1. The van der Waals surface area contributed by atoms with Crippen molar-refractivity contribution in [3.05, 3.63) is 59.4 Å². The van der Waals surface area contributed by atoms with Gasteiger partial charge in [0.15, 0.2) is 0 Å². The first-order valence-electron chi connectivity index (χ1n) is 7.61. The summed E-state index contributed by atoms with van der Waals surface area (Å²) in [5, 5.41) is 2.73. The second-order valence-corrected chi connectivity index (χ2v) is 7.29. The van der Waals surface area contributed by atoms with E-state index in [1.807, 2.05) is 19.1 Å². The Labute approximate surface area is 142 Å². The lowest BCUT2D eigenvalue weighted by atomic mass is 10.2. The predicted molar refractivity (Wildman–Crippen MR) is 91.8 cm³/mol. The zero-order valence-corrected chi connectivity index (χ0v) is 14.6. The number of sulfonamides is 1. The van der Waals surface area contributed by atoms with Gasteiger partial charge in [-0.1, -0.05) is 18.2 Å². The fourth-order valence-electron chi connectivity index (χ4n) is 2.17. The van der Waals surface area contributed by atoms with E-state index in [2.05, 4.69) is 15.0 Å². The summed E-state index contributed by atoms with van der Waals surface area (Å²) in [4.78, 5) is 16.0. The molecule has 0 aliphatic heterocycles. The van der Waals surface area contributed by atoms with E-state index in [0.717, 1.165) is 11.1 Å². The number of carbonyl (C=O) groups is 1. The van der Waals surface area contributed by atoms with E-state index in [0.29, 0.717) is 12.1 Å². The van der Waals surface area contributed by atoms with Crippen LogP contribution >= 0.6 is 0 Å². The maximum Gasteiger partial charge on any atom is 0.240 e. The molecule has 0 unspecified atom stereocenters. The monoisotopic (exact) mass is 347 g/mol. The highest BCUT2D eigenvalue weighted by molar-refractivity contribution is 7.89. The van der Waals surface area contributed by atoms with Gasteiger partial charge >= 0.3 is 0 Å². The quantitative estimate of drug-likeness (QED) is 0.798. The highest BCUT2D eigenvalue weighted by atomic mass is 32.2. The van der Waals surface area contributed by atoms with E-state index >= 15 is 0 Å². The van der Waals surface area contributed by atoms with Crippen LogP contribution in [-0.4, -0.2) is 25.9 Å². The zero-order valence-electron chi connectivity index (χ0n) is 13.7. The van der Waals surface area contributed by atoms with Crippen molar-refractivity contribution in [3.63, 3.8) is 0 Å². The summed E-state index contributed by atoms with van der Waals surface area (Å²) in [7, 11) is -3.62. The number of nitrogens with one attached hydrogen (secondary N) is 2. The van der Waals surface area contributed by atoms with Gasteiger partial charge in [-0.15, -0.1) is 0 Å². The molecule has 1 aromatic heterocycles. The van der Waals surface area contributed by atoms with Crippen LogP contribution in [0.15, 0.2) is 47.6 Å². The zero-order chi connectivity index (χ0) is 17.6. The molecule has 0 aliphatic rings. The summed E-state index contributed by atoms with van der Waals surface area (Å²) in [6, 6.07) is 8.90. The number of aryl methyl sites for hydroxylation is 2. The number of benzene rings is 1. The number of amides is 1. The predicted octanol–water partition coefficient (Wildman–Crippen LogP) is 1.68. The average Bonchev–Trinajstić information content (AvgIpc) is 2.56. The minimum Gasteiger partial charge on any atom is -0.352 e. The fraction of sp³-hybridized carbons (Fsp3) is 0.294. The van der Waals surface area contributed by atoms with E-state index in [1.165, 1.54) is 0 Å². The van der Waals surface area contributed by atoms with E-state index < -0.39 is 10.0 Å². The minimum atomic E-state index is -3.62. The van der Waals surface area contributed by atoms with Crippen molar-refractivity contribution in [3.8, 4) is 0 Å². The summed E-state index contributed by atoms with van der Waals surface area (Å²) in [5.41, 5.74) is 2.44. The van der Waals surface area contributed by atoms with E-state index in [-0.39, 0.29) is 23.8 Å². The molecule has 0 spiro atoms. The molecule has 1 amide bonds. The van der Waals surface area contributed by atoms with Crippen molar-refractivity contribution in [2.75, 3.05) is 6.54 Å². The van der Waals surface area contributed by atoms with Crippen LogP contribution in [0, 0.1) is 13.8 Å². The van der Waals surface area contributed by atoms with Gasteiger partial charge in [0.2, 0.25) is 15.9 Å². The van der Waals surface area contributed by atoms with Gasteiger partial charge in [-0.25, -0.2) is 13.1 Å². The first-order chi connectivity index (χ1) is 11.4. The third-order valence-corrected chi connectivity index (χ3v) is 5.09. The highest BCUT2D eigenvalue weighted by Crippen LogP contribution is 2.16. The van der Waals surface area contributed by atoms with Crippen LogP contribution < -0.4 is 10.0 Å². The molecular formula is C17H21N3O3S. The summed E-state index contributed by atoms with van der Waals surface area (Å²) in [5.74, 6) is -0.220. The average molecular weight is 347 g/mol. The first-order valence-corrected chi connectivity index (χ1v) is 9.09. The molecular weight excluding hydrogens is 326 g/mol. The van der Waals surface area contributed by atoms with Gasteiger partial charge in [-0.2, -0.15) is 0 Å². The van der Waals surface area contributed by atoms with Gasteiger partial charge in [-0.05, 0) is 42.7 Å². The Hall–Kier alpha value is -2.25. The maximum atomic E-state index is 12.3. The molecule has 2 rings (SSSR count). The molecule has 1 aromatic carbocycles. The lowest BCUT2D eigenvalue weighted by molar-refractivity contribution is -0.121. The van der Waals surface area contributed by atoms with Crippen LogP contribution in [-0.2, 0) is 21.4 Å². The Morgan fingerprint density at radius 3 is 2.71 bits per heavy atom. The van der Waals surface area contributed by atoms with E-state index in [9.17, 15) is 13.2 Å². The first kappa shape index (κ1) is 18.1. The maximum absolute atomic E-state index is 12.3. The lowest BCUT2D eigenvalue weighted by Crippen LogP contribution is -2.31. The van der Waals surface area contributed by atoms with Gasteiger partial charge in [-0.3, -0.25) is 9.78 Å². The molecule has 2 N–H and O–H groups in total. The Kier molecular flexibility index (Phi) is 6.05. The molecule has 1 heterocycles. The smallest absolute Gasteiger partial charge is 0.240 e. The van der Waals surface area contributed by atoms with E-state index in [4.69, 9.17) is 0 Å². The van der Waals surface area contributed by atoms with Crippen LogP contribution in [0.3, 0.4) is 0 Å². The summed E-state index contributed by atoms with van der Waals surface area (Å²) >= 11 is 0. The normalized spacial score (nSPS) is 11.2. The van der Waals surface area contributed by atoms with Crippen molar-refractivity contribution >= 4 is 15.9 Å². The van der Waals surface area contributed by atoms with Gasteiger partial charge in [0.05, 0.1) is 4.90 Å². The molecule has 0 fully saturated rings.